The third-order valence-electron chi connectivity index (χ3n) is 2.28. The molecule has 1 aromatic rings. The van der Waals surface area contributed by atoms with E-state index < -0.39 is 0 Å². The van der Waals surface area contributed by atoms with Gasteiger partial charge in [-0.3, -0.25) is 4.90 Å². The Balaban J connectivity index is 1.63. The van der Waals surface area contributed by atoms with Crippen molar-refractivity contribution < 1.29 is 9.26 Å². The van der Waals surface area contributed by atoms with Crippen LogP contribution in [0.15, 0.2) is 17.0 Å². The second-order valence-electron chi connectivity index (χ2n) is 3.26. The van der Waals surface area contributed by atoms with Crippen LogP contribution >= 0.6 is 0 Å². The fourth-order valence-electron chi connectivity index (χ4n) is 1.57. The lowest BCUT2D eigenvalue weighted by molar-refractivity contribution is 0.236. The summed E-state index contributed by atoms with van der Waals surface area (Å²) in [5, 5.41) is 3.56. The van der Waals surface area contributed by atoms with Crippen LogP contribution in [-0.2, 0) is 0 Å². The molecule has 13 heavy (non-hydrogen) atoms. The molecule has 0 bridgehead atoms. The van der Waals surface area contributed by atoms with Crippen LogP contribution in [0.1, 0.15) is 12.8 Å². The molecule has 0 atom stereocenters. The molecule has 0 radical (unpaired) electrons. The van der Waals surface area contributed by atoms with E-state index in [0.717, 1.165) is 18.9 Å². The summed E-state index contributed by atoms with van der Waals surface area (Å²) < 4.78 is 10.1. The average molecular weight is 182 g/mol. The molecular weight excluding hydrogens is 168 g/mol. The van der Waals surface area contributed by atoms with Crippen LogP contribution in [0.2, 0.25) is 0 Å². The van der Waals surface area contributed by atoms with Gasteiger partial charge >= 0.3 is 0 Å². The molecule has 2 heterocycles. The van der Waals surface area contributed by atoms with E-state index in [4.69, 9.17) is 4.74 Å². The Morgan fingerprint density at radius 3 is 3.00 bits per heavy atom. The Morgan fingerprint density at radius 1 is 1.46 bits per heavy atom. The third-order valence-corrected chi connectivity index (χ3v) is 2.28. The number of nitrogens with zero attached hydrogens (tertiary/aromatic N) is 2. The van der Waals surface area contributed by atoms with Gasteiger partial charge in [0.25, 0.3) is 0 Å². The Kier molecular flexibility index (Phi) is 2.82. The highest BCUT2D eigenvalue weighted by Crippen LogP contribution is 2.09. The minimum absolute atomic E-state index is 0.721. The van der Waals surface area contributed by atoms with Crippen LogP contribution in [0, 0.1) is 0 Å². The summed E-state index contributed by atoms with van der Waals surface area (Å²) in [5.41, 5.74) is 0. The van der Waals surface area contributed by atoms with Crippen LogP contribution in [0.5, 0.6) is 5.75 Å². The quantitative estimate of drug-likeness (QED) is 0.700. The summed E-state index contributed by atoms with van der Waals surface area (Å²) in [7, 11) is 0. The maximum absolute atomic E-state index is 5.41. The first-order chi connectivity index (χ1) is 6.45. The Hall–Kier alpha value is -1.03. The van der Waals surface area contributed by atoms with Gasteiger partial charge in [0.05, 0.1) is 0 Å². The smallest absolute Gasteiger partial charge is 0.178 e. The highest BCUT2D eigenvalue weighted by molar-refractivity contribution is 5.07. The Morgan fingerprint density at radius 2 is 2.31 bits per heavy atom. The normalized spacial score (nSPS) is 17.8. The predicted octanol–water partition coefficient (Wildman–Crippen LogP) is 1.15. The molecule has 2 rings (SSSR count). The lowest BCUT2D eigenvalue weighted by Gasteiger charge is -2.13. The molecule has 0 N–H and O–H groups in total. The van der Waals surface area contributed by atoms with Gasteiger partial charge in [0, 0.05) is 6.54 Å². The second kappa shape index (κ2) is 4.28. The largest absolute Gasteiger partial charge is 0.487 e. The van der Waals surface area contributed by atoms with E-state index in [-0.39, 0.29) is 0 Å². The van der Waals surface area contributed by atoms with Gasteiger partial charge < -0.3 is 9.26 Å². The highest BCUT2D eigenvalue weighted by Gasteiger charge is 2.10. The zero-order valence-corrected chi connectivity index (χ0v) is 7.61. The number of hydrogen-bond acceptors (Lipinski definition) is 4. The van der Waals surface area contributed by atoms with E-state index in [1.165, 1.54) is 32.2 Å². The van der Waals surface area contributed by atoms with Gasteiger partial charge in [0.2, 0.25) is 0 Å². The standard InChI is InChI=1S/C9H14N2O2/c1-2-4-11(3-1)5-6-12-9-7-10-13-8-9/h7-8H,1-6H2. The van der Waals surface area contributed by atoms with Gasteiger partial charge in [0.15, 0.2) is 12.0 Å². The third kappa shape index (κ3) is 2.45. The predicted molar refractivity (Wildman–Crippen MR) is 47.7 cm³/mol. The van der Waals surface area contributed by atoms with Gasteiger partial charge in [-0.15, -0.1) is 0 Å². The number of likely N-dealkylation sites (tertiary alicyclic amines) is 1. The zero-order chi connectivity index (χ0) is 8.93. The molecule has 0 unspecified atom stereocenters. The highest BCUT2D eigenvalue weighted by atomic mass is 16.5. The fourth-order valence-corrected chi connectivity index (χ4v) is 1.57. The molecule has 4 heteroatoms. The number of ether oxygens (including phenoxy) is 1. The van der Waals surface area contributed by atoms with Gasteiger partial charge in [-0.2, -0.15) is 0 Å². The number of aromatic nitrogens is 1. The molecule has 1 aromatic heterocycles. The van der Waals surface area contributed by atoms with Gasteiger partial charge in [0.1, 0.15) is 12.8 Å². The molecular formula is C9H14N2O2. The van der Waals surface area contributed by atoms with E-state index in [0.29, 0.717) is 0 Å². The van der Waals surface area contributed by atoms with Crippen LogP contribution < -0.4 is 4.74 Å². The van der Waals surface area contributed by atoms with Crippen LogP contribution in [0.4, 0.5) is 0 Å². The Labute approximate surface area is 77.5 Å². The van der Waals surface area contributed by atoms with Gasteiger partial charge in [-0.1, -0.05) is 5.16 Å². The lowest BCUT2D eigenvalue weighted by Crippen LogP contribution is -2.24. The van der Waals surface area contributed by atoms with Crippen molar-refractivity contribution >= 4 is 0 Å². The summed E-state index contributed by atoms with van der Waals surface area (Å²) >= 11 is 0. The molecule has 0 amide bonds. The van der Waals surface area contributed by atoms with Crippen molar-refractivity contribution in [3.8, 4) is 5.75 Å². The van der Waals surface area contributed by atoms with Crippen molar-refractivity contribution in [1.82, 2.24) is 10.1 Å². The topological polar surface area (TPSA) is 38.5 Å². The van der Waals surface area contributed by atoms with Crippen molar-refractivity contribution in [3.63, 3.8) is 0 Å². The van der Waals surface area contributed by atoms with Crippen molar-refractivity contribution in [2.75, 3.05) is 26.2 Å². The van der Waals surface area contributed by atoms with Crippen molar-refractivity contribution in [1.29, 1.82) is 0 Å². The summed E-state index contributed by atoms with van der Waals surface area (Å²) in [6, 6.07) is 0. The molecule has 1 fully saturated rings. The van der Waals surface area contributed by atoms with E-state index in [1.807, 2.05) is 0 Å². The molecule has 72 valence electrons. The summed E-state index contributed by atoms with van der Waals surface area (Å²) in [6.45, 7) is 4.16. The minimum Gasteiger partial charge on any atom is -0.487 e. The number of rotatable bonds is 4. The Bertz CT molecular complexity index is 230. The molecule has 1 aliphatic heterocycles. The summed E-state index contributed by atoms with van der Waals surface area (Å²) in [4.78, 5) is 2.41. The molecule has 0 aliphatic carbocycles. The molecule has 4 nitrogen and oxygen atoms in total. The van der Waals surface area contributed by atoms with Gasteiger partial charge in [-0.05, 0) is 25.9 Å². The maximum atomic E-state index is 5.41. The summed E-state index contributed by atoms with van der Waals surface area (Å²) in [5.74, 6) is 0.721. The average Bonchev–Trinajstić information content (AvgIpc) is 2.75. The van der Waals surface area contributed by atoms with Gasteiger partial charge in [-0.25, -0.2) is 0 Å². The minimum atomic E-state index is 0.721. The zero-order valence-electron chi connectivity index (χ0n) is 7.61. The second-order valence-corrected chi connectivity index (χ2v) is 3.26. The van der Waals surface area contributed by atoms with Crippen molar-refractivity contribution in [2.45, 2.75) is 12.8 Å². The van der Waals surface area contributed by atoms with Crippen molar-refractivity contribution in [2.24, 2.45) is 0 Å². The first-order valence-electron chi connectivity index (χ1n) is 4.70. The van der Waals surface area contributed by atoms with E-state index in [9.17, 15) is 0 Å². The first-order valence-corrected chi connectivity index (χ1v) is 4.70. The maximum Gasteiger partial charge on any atom is 0.178 e. The lowest BCUT2D eigenvalue weighted by atomic mass is 10.4. The van der Waals surface area contributed by atoms with Crippen molar-refractivity contribution in [3.05, 3.63) is 12.5 Å². The molecule has 0 spiro atoms. The number of hydrogen-bond donors (Lipinski definition) is 0. The molecule has 1 saturated heterocycles. The van der Waals surface area contributed by atoms with E-state index in [1.54, 1.807) is 6.20 Å². The van der Waals surface area contributed by atoms with E-state index in [2.05, 4.69) is 14.6 Å². The summed E-state index contributed by atoms with van der Waals surface area (Å²) in [6.07, 6.45) is 5.76. The fraction of sp³-hybridized carbons (Fsp3) is 0.667. The first kappa shape index (κ1) is 8.56. The van der Waals surface area contributed by atoms with Crippen LogP contribution in [-0.4, -0.2) is 36.3 Å². The SMILES string of the molecule is c1nocc1OCCN1CCCC1. The molecule has 0 aromatic carbocycles. The monoisotopic (exact) mass is 182 g/mol. The van der Waals surface area contributed by atoms with Crippen LogP contribution in [0.25, 0.3) is 0 Å². The molecule has 1 aliphatic rings. The molecule has 0 saturated carbocycles. The van der Waals surface area contributed by atoms with E-state index >= 15 is 0 Å². The van der Waals surface area contributed by atoms with Crippen LogP contribution in [0.3, 0.4) is 0 Å².